The number of carbonyl (C=O) groups excluding carboxylic acids is 2. The first kappa shape index (κ1) is 11.1. The van der Waals surface area contributed by atoms with E-state index in [9.17, 15) is 19.7 Å². The van der Waals surface area contributed by atoms with E-state index in [-0.39, 0.29) is 24.3 Å². The number of fused-ring (bicyclic) bond motifs is 2. The van der Waals surface area contributed by atoms with Gasteiger partial charge in [0.15, 0.2) is 0 Å². The number of nitrogens with zero attached hydrogens (tertiary/aromatic N) is 1. The Morgan fingerprint density at radius 1 is 1.06 bits per heavy atom. The van der Waals surface area contributed by atoms with Crippen molar-refractivity contribution >= 4 is 17.6 Å². The standard InChI is InChI=1S/C10H7NO6/c12-9-6-2-1-3-7(8(6)11(14)15)10(13)17-5-4-16-9/h1-3H,4-5H2. The molecule has 7 heteroatoms. The topological polar surface area (TPSA) is 95.7 Å². The zero-order valence-electron chi connectivity index (χ0n) is 8.54. The fraction of sp³-hybridized carbons (Fsp3) is 0.200. The van der Waals surface area contributed by atoms with Crippen LogP contribution in [0, 0.1) is 10.1 Å². The molecule has 0 radical (unpaired) electrons. The molecular formula is C10H7NO6. The summed E-state index contributed by atoms with van der Waals surface area (Å²) in [6.07, 6.45) is 0. The van der Waals surface area contributed by atoms with E-state index < -0.39 is 22.5 Å². The molecule has 2 bridgehead atoms. The molecule has 0 fully saturated rings. The number of nitro benzene ring substituents is 1. The minimum absolute atomic E-state index is 0.125. The Kier molecular flexibility index (Phi) is 2.73. The van der Waals surface area contributed by atoms with Crippen molar-refractivity contribution in [2.75, 3.05) is 13.2 Å². The van der Waals surface area contributed by atoms with Gasteiger partial charge in [-0.05, 0) is 12.1 Å². The van der Waals surface area contributed by atoms with E-state index in [1.165, 1.54) is 18.2 Å². The molecule has 0 saturated carbocycles. The number of hydrogen-bond acceptors (Lipinski definition) is 6. The zero-order valence-corrected chi connectivity index (χ0v) is 8.54. The van der Waals surface area contributed by atoms with Gasteiger partial charge in [0.25, 0.3) is 5.69 Å². The van der Waals surface area contributed by atoms with E-state index in [1.54, 1.807) is 0 Å². The number of ether oxygens (including phenoxy) is 2. The summed E-state index contributed by atoms with van der Waals surface area (Å²) in [4.78, 5) is 33.1. The van der Waals surface area contributed by atoms with Gasteiger partial charge in [0.2, 0.25) is 0 Å². The molecule has 1 aromatic rings. The van der Waals surface area contributed by atoms with Crippen LogP contribution in [-0.4, -0.2) is 30.1 Å². The molecule has 0 N–H and O–H groups in total. The molecule has 1 aliphatic rings. The van der Waals surface area contributed by atoms with Crippen LogP contribution in [0.25, 0.3) is 0 Å². The third-order valence-corrected chi connectivity index (χ3v) is 2.21. The number of esters is 2. The maximum atomic E-state index is 11.5. The highest BCUT2D eigenvalue weighted by Gasteiger charge is 2.30. The number of benzene rings is 1. The Morgan fingerprint density at radius 2 is 1.53 bits per heavy atom. The van der Waals surface area contributed by atoms with Crippen molar-refractivity contribution in [3.05, 3.63) is 39.4 Å². The monoisotopic (exact) mass is 237 g/mol. The van der Waals surface area contributed by atoms with Crippen LogP contribution in [0.4, 0.5) is 5.69 Å². The third kappa shape index (κ3) is 1.94. The van der Waals surface area contributed by atoms with Gasteiger partial charge in [-0.25, -0.2) is 9.59 Å². The number of cyclic esters (lactones) is 2. The maximum Gasteiger partial charge on any atom is 0.345 e. The fourth-order valence-electron chi connectivity index (χ4n) is 1.49. The van der Waals surface area contributed by atoms with Crippen molar-refractivity contribution in [2.45, 2.75) is 0 Å². The lowest BCUT2D eigenvalue weighted by molar-refractivity contribution is -0.385. The van der Waals surface area contributed by atoms with E-state index in [0.29, 0.717) is 0 Å². The van der Waals surface area contributed by atoms with Crippen molar-refractivity contribution in [3.63, 3.8) is 0 Å². The molecular weight excluding hydrogens is 230 g/mol. The Morgan fingerprint density at radius 3 is 1.94 bits per heavy atom. The predicted molar refractivity (Wildman–Crippen MR) is 53.7 cm³/mol. The predicted octanol–water partition coefficient (Wildman–Crippen LogP) is 0.922. The summed E-state index contributed by atoms with van der Waals surface area (Å²) < 4.78 is 9.44. The van der Waals surface area contributed by atoms with E-state index in [2.05, 4.69) is 0 Å². The highest BCUT2D eigenvalue weighted by atomic mass is 16.6. The molecule has 2 rings (SSSR count). The number of rotatable bonds is 1. The first-order valence-corrected chi connectivity index (χ1v) is 4.73. The maximum absolute atomic E-state index is 11.5. The molecule has 0 unspecified atom stereocenters. The molecule has 17 heavy (non-hydrogen) atoms. The third-order valence-electron chi connectivity index (χ3n) is 2.21. The second kappa shape index (κ2) is 4.20. The Hall–Kier alpha value is -2.44. The van der Waals surface area contributed by atoms with Crippen molar-refractivity contribution in [1.29, 1.82) is 0 Å². The fourth-order valence-corrected chi connectivity index (χ4v) is 1.49. The van der Waals surface area contributed by atoms with Crippen LogP contribution in [-0.2, 0) is 9.47 Å². The summed E-state index contributed by atoms with van der Waals surface area (Å²) >= 11 is 0. The van der Waals surface area contributed by atoms with Crippen molar-refractivity contribution in [1.82, 2.24) is 0 Å². The molecule has 1 aliphatic heterocycles. The molecule has 7 nitrogen and oxygen atoms in total. The average molecular weight is 237 g/mol. The van der Waals surface area contributed by atoms with E-state index in [1.807, 2.05) is 0 Å². The van der Waals surface area contributed by atoms with Gasteiger partial charge in [-0.3, -0.25) is 10.1 Å². The average Bonchev–Trinajstić information content (AvgIpc) is 2.34. The molecule has 0 aliphatic carbocycles. The minimum Gasteiger partial charge on any atom is -0.458 e. The van der Waals surface area contributed by atoms with Crippen LogP contribution >= 0.6 is 0 Å². The highest BCUT2D eigenvalue weighted by molar-refractivity contribution is 6.02. The number of hydrogen-bond donors (Lipinski definition) is 0. The van der Waals surface area contributed by atoms with E-state index >= 15 is 0 Å². The van der Waals surface area contributed by atoms with Crippen LogP contribution in [0.2, 0.25) is 0 Å². The molecule has 0 spiro atoms. The van der Waals surface area contributed by atoms with Crippen LogP contribution in [0.1, 0.15) is 20.7 Å². The molecule has 0 saturated heterocycles. The van der Waals surface area contributed by atoms with Crippen LogP contribution in [0.15, 0.2) is 18.2 Å². The van der Waals surface area contributed by atoms with Gasteiger partial charge >= 0.3 is 11.9 Å². The summed E-state index contributed by atoms with van der Waals surface area (Å²) in [7, 11) is 0. The lowest BCUT2D eigenvalue weighted by Crippen LogP contribution is -2.10. The van der Waals surface area contributed by atoms with Gasteiger partial charge in [0.05, 0.1) is 4.92 Å². The Labute approximate surface area is 95.1 Å². The minimum atomic E-state index is -0.836. The molecule has 1 heterocycles. The van der Waals surface area contributed by atoms with Crippen molar-refractivity contribution in [2.24, 2.45) is 0 Å². The van der Waals surface area contributed by atoms with Crippen LogP contribution < -0.4 is 0 Å². The lowest BCUT2D eigenvalue weighted by Gasteiger charge is -2.02. The largest absolute Gasteiger partial charge is 0.458 e. The Balaban J connectivity index is 2.67. The first-order valence-electron chi connectivity index (χ1n) is 4.73. The van der Waals surface area contributed by atoms with E-state index in [0.717, 1.165) is 0 Å². The number of para-hydroxylation sites is 1. The number of carbonyl (C=O) groups is 2. The van der Waals surface area contributed by atoms with Gasteiger partial charge in [-0.15, -0.1) is 0 Å². The van der Waals surface area contributed by atoms with Crippen LogP contribution in [0.3, 0.4) is 0 Å². The van der Waals surface area contributed by atoms with Gasteiger partial charge in [-0.1, -0.05) is 6.07 Å². The molecule has 1 aromatic carbocycles. The second-order valence-corrected chi connectivity index (χ2v) is 3.23. The Bertz CT molecular complexity index is 473. The highest BCUT2D eigenvalue weighted by Crippen LogP contribution is 2.26. The quantitative estimate of drug-likeness (QED) is 0.409. The molecule has 88 valence electrons. The normalized spacial score (nSPS) is 15.1. The summed E-state index contributed by atoms with van der Waals surface area (Å²) in [6, 6.07) is 3.84. The van der Waals surface area contributed by atoms with Gasteiger partial charge < -0.3 is 9.47 Å². The van der Waals surface area contributed by atoms with Gasteiger partial charge in [0.1, 0.15) is 24.3 Å². The first-order chi connectivity index (χ1) is 8.11. The van der Waals surface area contributed by atoms with E-state index in [4.69, 9.17) is 9.47 Å². The summed E-state index contributed by atoms with van der Waals surface area (Å²) in [5.41, 5.74) is -1.07. The van der Waals surface area contributed by atoms with Crippen LogP contribution in [0.5, 0.6) is 0 Å². The SMILES string of the molecule is O=C1OCCOC(=O)c2cccc1c2[N+](=O)[O-]. The smallest absolute Gasteiger partial charge is 0.345 e. The summed E-state index contributed by atoms with van der Waals surface area (Å²) in [6.45, 7) is -0.250. The lowest BCUT2D eigenvalue weighted by atomic mass is 10.1. The summed E-state index contributed by atoms with van der Waals surface area (Å²) in [5.74, 6) is -1.67. The second-order valence-electron chi connectivity index (χ2n) is 3.23. The van der Waals surface area contributed by atoms with Gasteiger partial charge in [0, 0.05) is 0 Å². The van der Waals surface area contributed by atoms with Gasteiger partial charge in [-0.2, -0.15) is 0 Å². The number of nitro groups is 1. The zero-order chi connectivity index (χ0) is 12.4. The van der Waals surface area contributed by atoms with Crippen molar-refractivity contribution in [3.8, 4) is 0 Å². The summed E-state index contributed by atoms with van der Waals surface area (Å²) in [5, 5.41) is 10.9. The molecule has 0 amide bonds. The molecule has 0 aromatic heterocycles. The van der Waals surface area contributed by atoms with Crippen molar-refractivity contribution < 1.29 is 24.0 Å². The molecule has 0 atom stereocenters.